The van der Waals surface area contributed by atoms with Crippen LogP contribution in [0.1, 0.15) is 36.4 Å². The molecule has 0 saturated carbocycles. The van der Waals surface area contributed by atoms with Gasteiger partial charge in [0.15, 0.2) is 0 Å². The number of fused-ring (bicyclic) bond motifs is 1. The zero-order valence-corrected chi connectivity index (χ0v) is 16.6. The Kier molecular flexibility index (Phi) is 5.67. The molecule has 1 aliphatic heterocycles. The SMILES string of the molecule is CCOC(=O)c1cc2cc(S(=O)(=O)NCC3(C)CCNCC3)ccc2s1. The molecule has 0 amide bonds. The molecule has 2 N–H and O–H groups in total. The summed E-state index contributed by atoms with van der Waals surface area (Å²) in [5.74, 6) is -0.380. The van der Waals surface area contributed by atoms with Gasteiger partial charge in [-0.3, -0.25) is 0 Å². The van der Waals surface area contributed by atoms with Crippen molar-refractivity contribution in [1.82, 2.24) is 10.0 Å². The summed E-state index contributed by atoms with van der Waals surface area (Å²) in [6, 6.07) is 6.62. The second kappa shape index (κ2) is 7.64. The lowest BCUT2D eigenvalue weighted by Crippen LogP contribution is -2.42. The Hall–Kier alpha value is -1.48. The smallest absolute Gasteiger partial charge is 0.348 e. The molecule has 0 aliphatic carbocycles. The Balaban J connectivity index is 1.78. The number of hydrogen-bond donors (Lipinski definition) is 2. The van der Waals surface area contributed by atoms with Crippen LogP contribution in [0, 0.1) is 5.41 Å². The number of piperidine rings is 1. The van der Waals surface area contributed by atoms with Gasteiger partial charge in [0.25, 0.3) is 0 Å². The summed E-state index contributed by atoms with van der Waals surface area (Å²) in [7, 11) is -3.59. The minimum Gasteiger partial charge on any atom is -0.462 e. The number of nitrogens with one attached hydrogen (secondary N) is 2. The summed E-state index contributed by atoms with van der Waals surface area (Å²) in [4.78, 5) is 12.6. The Bertz CT molecular complexity index is 899. The van der Waals surface area contributed by atoms with Gasteiger partial charge >= 0.3 is 5.97 Å². The Morgan fingerprint density at radius 1 is 1.31 bits per heavy atom. The third-order valence-corrected chi connectivity index (χ3v) is 7.27. The summed E-state index contributed by atoms with van der Waals surface area (Å²) in [5.41, 5.74) is -0.0259. The first-order valence-electron chi connectivity index (χ1n) is 8.74. The molecular formula is C18H24N2O4S2. The highest BCUT2D eigenvalue weighted by Crippen LogP contribution is 2.30. The molecule has 6 nitrogen and oxygen atoms in total. The van der Waals surface area contributed by atoms with Gasteiger partial charge in [-0.05, 0) is 67.9 Å². The van der Waals surface area contributed by atoms with Crippen molar-refractivity contribution in [1.29, 1.82) is 0 Å². The van der Waals surface area contributed by atoms with Crippen LogP contribution in [0.5, 0.6) is 0 Å². The highest BCUT2D eigenvalue weighted by atomic mass is 32.2. The monoisotopic (exact) mass is 396 g/mol. The first-order chi connectivity index (χ1) is 12.3. The van der Waals surface area contributed by atoms with E-state index in [-0.39, 0.29) is 16.3 Å². The maximum Gasteiger partial charge on any atom is 0.348 e. The molecule has 0 spiro atoms. The zero-order chi connectivity index (χ0) is 18.8. The Morgan fingerprint density at radius 3 is 2.73 bits per heavy atom. The zero-order valence-electron chi connectivity index (χ0n) is 15.0. The van der Waals surface area contributed by atoms with Crippen molar-refractivity contribution in [3.8, 4) is 0 Å². The minimum atomic E-state index is -3.59. The summed E-state index contributed by atoms with van der Waals surface area (Å²) < 4.78 is 34.0. The maximum atomic E-state index is 12.7. The highest BCUT2D eigenvalue weighted by molar-refractivity contribution is 7.89. The number of carbonyl (C=O) groups excluding carboxylic acids is 1. The molecule has 2 aromatic rings. The first kappa shape index (κ1) is 19.3. The number of esters is 1. The first-order valence-corrected chi connectivity index (χ1v) is 11.0. The molecule has 8 heteroatoms. The lowest BCUT2D eigenvalue weighted by molar-refractivity contribution is 0.0532. The van der Waals surface area contributed by atoms with E-state index in [0.29, 0.717) is 18.0 Å². The van der Waals surface area contributed by atoms with Crippen LogP contribution in [0.25, 0.3) is 10.1 Å². The van der Waals surface area contributed by atoms with Crippen LogP contribution in [0.4, 0.5) is 0 Å². The average Bonchev–Trinajstić information content (AvgIpc) is 3.05. The molecular weight excluding hydrogens is 372 g/mol. The Morgan fingerprint density at radius 2 is 2.04 bits per heavy atom. The van der Waals surface area contributed by atoms with Gasteiger partial charge < -0.3 is 10.1 Å². The van der Waals surface area contributed by atoms with Crippen LogP contribution < -0.4 is 10.0 Å². The fourth-order valence-electron chi connectivity index (χ4n) is 3.05. The van der Waals surface area contributed by atoms with E-state index >= 15 is 0 Å². The van der Waals surface area contributed by atoms with Crippen LogP contribution in [-0.2, 0) is 14.8 Å². The van der Waals surface area contributed by atoms with Gasteiger partial charge in [-0.2, -0.15) is 0 Å². The standard InChI is InChI=1S/C18H24N2O4S2/c1-3-24-17(21)16-11-13-10-14(4-5-15(13)25-16)26(22,23)20-12-18(2)6-8-19-9-7-18/h4-5,10-11,19-20H,3,6-9,12H2,1-2H3. The van der Waals surface area contributed by atoms with Gasteiger partial charge in [-0.15, -0.1) is 11.3 Å². The second-order valence-corrected chi connectivity index (χ2v) is 9.77. The third kappa shape index (κ3) is 4.25. The molecule has 3 rings (SSSR count). The molecule has 1 fully saturated rings. The molecule has 1 saturated heterocycles. The third-order valence-electron chi connectivity index (χ3n) is 4.77. The van der Waals surface area contributed by atoms with Crippen molar-refractivity contribution in [3.05, 3.63) is 29.1 Å². The number of benzene rings is 1. The van der Waals surface area contributed by atoms with Crippen molar-refractivity contribution in [3.63, 3.8) is 0 Å². The summed E-state index contributed by atoms with van der Waals surface area (Å²) >= 11 is 1.30. The summed E-state index contributed by atoms with van der Waals surface area (Å²) in [5, 5.41) is 4.03. The Labute approximate surface area is 158 Å². The topological polar surface area (TPSA) is 84.5 Å². The van der Waals surface area contributed by atoms with E-state index in [2.05, 4.69) is 17.0 Å². The highest BCUT2D eigenvalue weighted by Gasteiger charge is 2.28. The average molecular weight is 397 g/mol. The van der Waals surface area contributed by atoms with Crippen LogP contribution in [0.15, 0.2) is 29.2 Å². The van der Waals surface area contributed by atoms with E-state index in [0.717, 1.165) is 36.0 Å². The van der Waals surface area contributed by atoms with Gasteiger partial charge in [-0.1, -0.05) is 6.92 Å². The number of carbonyl (C=O) groups is 1. The van der Waals surface area contributed by atoms with Crippen molar-refractivity contribution in [2.24, 2.45) is 5.41 Å². The summed E-state index contributed by atoms with van der Waals surface area (Å²) in [6.07, 6.45) is 1.89. The van der Waals surface area contributed by atoms with E-state index in [4.69, 9.17) is 4.74 Å². The molecule has 0 unspecified atom stereocenters. The quantitative estimate of drug-likeness (QED) is 0.734. The lowest BCUT2D eigenvalue weighted by Gasteiger charge is -2.34. The van der Waals surface area contributed by atoms with Crippen molar-refractivity contribution >= 4 is 37.4 Å². The maximum absolute atomic E-state index is 12.7. The van der Waals surface area contributed by atoms with Crippen molar-refractivity contribution in [2.75, 3.05) is 26.2 Å². The van der Waals surface area contributed by atoms with Gasteiger partial charge in [0.2, 0.25) is 10.0 Å². The van der Waals surface area contributed by atoms with Crippen LogP contribution >= 0.6 is 11.3 Å². The molecule has 0 radical (unpaired) electrons. The predicted octanol–water partition coefficient (Wildman–Crippen LogP) is 2.75. The lowest BCUT2D eigenvalue weighted by atomic mass is 9.81. The van der Waals surface area contributed by atoms with Crippen molar-refractivity contribution in [2.45, 2.75) is 31.6 Å². The molecule has 0 bridgehead atoms. The molecule has 0 atom stereocenters. The molecule has 2 heterocycles. The number of hydrogen-bond acceptors (Lipinski definition) is 6. The number of ether oxygens (including phenoxy) is 1. The van der Waals surface area contributed by atoms with Gasteiger partial charge in [0.05, 0.1) is 11.5 Å². The van der Waals surface area contributed by atoms with Gasteiger partial charge in [0, 0.05) is 11.2 Å². The largest absolute Gasteiger partial charge is 0.462 e. The molecule has 26 heavy (non-hydrogen) atoms. The number of thiophene rings is 1. The van der Waals surface area contributed by atoms with E-state index in [1.54, 1.807) is 31.2 Å². The van der Waals surface area contributed by atoms with Crippen LogP contribution in [0.3, 0.4) is 0 Å². The molecule has 142 valence electrons. The fourth-order valence-corrected chi connectivity index (χ4v) is 5.22. The summed E-state index contributed by atoms with van der Waals surface area (Å²) in [6.45, 7) is 6.43. The molecule has 1 aliphatic rings. The van der Waals surface area contributed by atoms with E-state index < -0.39 is 10.0 Å². The van der Waals surface area contributed by atoms with E-state index in [1.165, 1.54) is 11.3 Å². The minimum absolute atomic E-state index is 0.0259. The normalized spacial score (nSPS) is 17.3. The van der Waals surface area contributed by atoms with Crippen molar-refractivity contribution < 1.29 is 17.9 Å². The van der Waals surface area contributed by atoms with Gasteiger partial charge in [0.1, 0.15) is 4.88 Å². The number of sulfonamides is 1. The predicted molar refractivity (Wildman–Crippen MR) is 103 cm³/mol. The van der Waals surface area contributed by atoms with E-state index in [1.807, 2.05) is 0 Å². The van der Waals surface area contributed by atoms with Gasteiger partial charge in [-0.25, -0.2) is 17.9 Å². The second-order valence-electron chi connectivity index (χ2n) is 6.92. The fraction of sp³-hybridized carbons (Fsp3) is 0.500. The molecule has 1 aromatic carbocycles. The molecule has 1 aromatic heterocycles. The van der Waals surface area contributed by atoms with Crippen LogP contribution in [0.2, 0.25) is 0 Å². The van der Waals surface area contributed by atoms with Crippen LogP contribution in [-0.4, -0.2) is 40.6 Å². The van der Waals surface area contributed by atoms with E-state index in [9.17, 15) is 13.2 Å². The number of rotatable bonds is 6.